The third-order valence-corrected chi connectivity index (χ3v) is 5.65. The fourth-order valence-electron chi connectivity index (χ4n) is 3.86. The van der Waals surface area contributed by atoms with Crippen molar-refractivity contribution in [3.8, 4) is 18.1 Å². The molecular formula is C26H22FN7O. The van der Waals surface area contributed by atoms with E-state index in [0.717, 1.165) is 23.1 Å². The zero-order valence-electron chi connectivity index (χ0n) is 19.0. The third-order valence-electron chi connectivity index (χ3n) is 5.65. The Bertz CT molecular complexity index is 1500. The van der Waals surface area contributed by atoms with E-state index in [9.17, 15) is 4.39 Å². The van der Waals surface area contributed by atoms with Gasteiger partial charge in [-0.1, -0.05) is 30.2 Å². The Morgan fingerprint density at radius 2 is 1.83 bits per heavy atom. The first-order valence-electron chi connectivity index (χ1n) is 10.9. The molecule has 8 nitrogen and oxygen atoms in total. The first kappa shape index (κ1) is 22.1. The summed E-state index contributed by atoms with van der Waals surface area (Å²) in [7, 11) is 1.42. The Hall–Kier alpha value is -4.71. The van der Waals surface area contributed by atoms with E-state index in [2.05, 4.69) is 55.7 Å². The largest absolute Gasteiger partial charge is 0.494 e. The van der Waals surface area contributed by atoms with E-state index in [4.69, 9.17) is 11.2 Å². The van der Waals surface area contributed by atoms with Crippen molar-refractivity contribution in [1.29, 1.82) is 0 Å². The summed E-state index contributed by atoms with van der Waals surface area (Å²) >= 11 is 0. The Balaban J connectivity index is 1.33. The number of anilines is 1. The predicted octanol–water partition coefficient (Wildman–Crippen LogP) is 3.86. The van der Waals surface area contributed by atoms with Crippen LogP contribution >= 0.6 is 0 Å². The van der Waals surface area contributed by atoms with Crippen molar-refractivity contribution in [3.05, 3.63) is 95.5 Å². The molecule has 0 fully saturated rings. The van der Waals surface area contributed by atoms with Crippen molar-refractivity contribution < 1.29 is 9.13 Å². The van der Waals surface area contributed by atoms with Crippen LogP contribution in [-0.2, 0) is 19.6 Å². The Kier molecular flexibility index (Phi) is 6.09. The van der Waals surface area contributed by atoms with Crippen molar-refractivity contribution in [1.82, 2.24) is 29.5 Å². The summed E-state index contributed by atoms with van der Waals surface area (Å²) in [5.74, 6) is 2.70. The van der Waals surface area contributed by atoms with Crippen LogP contribution in [-0.4, -0.2) is 36.6 Å². The Morgan fingerprint density at radius 1 is 1.06 bits per heavy atom. The second-order valence-corrected chi connectivity index (χ2v) is 7.91. The first-order valence-corrected chi connectivity index (χ1v) is 10.9. The van der Waals surface area contributed by atoms with Gasteiger partial charge in [0.05, 0.1) is 25.6 Å². The number of fused-ring (bicyclic) bond motifs is 1. The van der Waals surface area contributed by atoms with Crippen LogP contribution in [0.1, 0.15) is 22.3 Å². The van der Waals surface area contributed by atoms with Crippen molar-refractivity contribution in [2.45, 2.75) is 19.6 Å². The molecule has 0 aliphatic carbocycles. The molecule has 35 heavy (non-hydrogen) atoms. The molecule has 0 bridgehead atoms. The molecule has 1 N–H and O–H groups in total. The van der Waals surface area contributed by atoms with Gasteiger partial charge in [-0.25, -0.2) is 14.4 Å². The number of benzene rings is 2. The lowest BCUT2D eigenvalue weighted by Gasteiger charge is -2.11. The van der Waals surface area contributed by atoms with Crippen LogP contribution < -0.4 is 10.1 Å². The topological polar surface area (TPSA) is 82.7 Å². The number of nitrogens with one attached hydrogen (secondary N) is 1. The van der Waals surface area contributed by atoms with Crippen LogP contribution in [0, 0.1) is 18.2 Å². The molecule has 0 saturated carbocycles. The van der Waals surface area contributed by atoms with Crippen LogP contribution in [0.2, 0.25) is 0 Å². The maximum atomic E-state index is 14.8. The number of halogens is 1. The summed E-state index contributed by atoms with van der Waals surface area (Å²) < 4.78 is 23.6. The van der Waals surface area contributed by atoms with Crippen LogP contribution in [0.4, 0.5) is 10.2 Å². The average Bonchev–Trinajstić information content (AvgIpc) is 3.54. The number of nitrogens with zero attached hydrogens (tertiary/aromatic N) is 6. The highest BCUT2D eigenvalue weighted by Gasteiger charge is 2.15. The van der Waals surface area contributed by atoms with Crippen molar-refractivity contribution >= 4 is 16.9 Å². The molecule has 0 saturated heterocycles. The quantitative estimate of drug-likeness (QED) is 0.349. The van der Waals surface area contributed by atoms with Crippen molar-refractivity contribution in [2.24, 2.45) is 0 Å². The summed E-state index contributed by atoms with van der Waals surface area (Å²) in [5.41, 5.74) is 3.59. The van der Waals surface area contributed by atoms with Crippen molar-refractivity contribution in [2.75, 3.05) is 12.4 Å². The molecule has 0 atom stereocenters. The molecule has 0 aliphatic rings. The summed E-state index contributed by atoms with van der Waals surface area (Å²) in [6.07, 6.45) is 12.6. The van der Waals surface area contributed by atoms with Gasteiger partial charge in [-0.15, -0.1) is 6.42 Å². The maximum absolute atomic E-state index is 14.8. The molecular weight excluding hydrogens is 445 g/mol. The van der Waals surface area contributed by atoms with E-state index in [1.807, 2.05) is 27.8 Å². The van der Waals surface area contributed by atoms with Crippen LogP contribution in [0.3, 0.4) is 0 Å². The molecule has 0 aliphatic heterocycles. The van der Waals surface area contributed by atoms with Gasteiger partial charge in [0.2, 0.25) is 0 Å². The highest BCUT2D eigenvalue weighted by atomic mass is 19.1. The number of methoxy groups -OCH3 is 1. The summed E-state index contributed by atoms with van der Waals surface area (Å²) in [6, 6.07) is 13.4. The number of aromatic nitrogens is 6. The molecule has 0 unspecified atom stereocenters. The number of hydrogen-bond acceptors (Lipinski definition) is 6. The fourth-order valence-corrected chi connectivity index (χ4v) is 3.86. The first-order chi connectivity index (χ1) is 17.1. The van der Waals surface area contributed by atoms with Gasteiger partial charge < -0.3 is 10.1 Å². The van der Waals surface area contributed by atoms with Gasteiger partial charge in [0.25, 0.3) is 0 Å². The lowest BCUT2D eigenvalue weighted by molar-refractivity contribution is 0.384. The van der Waals surface area contributed by atoms with Gasteiger partial charge >= 0.3 is 0 Å². The summed E-state index contributed by atoms with van der Waals surface area (Å²) in [4.78, 5) is 8.60. The van der Waals surface area contributed by atoms with Gasteiger partial charge in [0.15, 0.2) is 17.2 Å². The van der Waals surface area contributed by atoms with Gasteiger partial charge in [0, 0.05) is 36.3 Å². The molecule has 0 amide bonds. The van der Waals surface area contributed by atoms with E-state index in [1.165, 1.54) is 19.5 Å². The molecule has 9 heteroatoms. The normalized spacial score (nSPS) is 10.9. The highest BCUT2D eigenvalue weighted by Crippen LogP contribution is 2.25. The minimum Gasteiger partial charge on any atom is -0.494 e. The fraction of sp³-hybridized carbons (Fsp3) is 0.154. The van der Waals surface area contributed by atoms with E-state index >= 15 is 0 Å². The second-order valence-electron chi connectivity index (χ2n) is 7.91. The standard InChI is InChI=1S/C26H22FN7O/c1-3-20-9-10-23(35-2)24(27)21(20)13-28-25-22-16-34(32-26(22)30-17-29-25)15-19-7-5-18(6-8-19)14-33-12-4-11-31-33/h1,4-12,16-17H,13-15H2,2H3,(H,28,29,30,32). The highest BCUT2D eigenvalue weighted by molar-refractivity contribution is 5.85. The molecule has 0 spiro atoms. The third kappa shape index (κ3) is 4.68. The van der Waals surface area contributed by atoms with Gasteiger partial charge in [-0.05, 0) is 29.3 Å². The van der Waals surface area contributed by atoms with E-state index in [1.54, 1.807) is 12.3 Å². The zero-order chi connectivity index (χ0) is 24.2. The lowest BCUT2D eigenvalue weighted by Crippen LogP contribution is -2.07. The van der Waals surface area contributed by atoms with Gasteiger partial charge in [-0.2, -0.15) is 10.2 Å². The Morgan fingerprint density at radius 3 is 2.51 bits per heavy atom. The van der Waals surface area contributed by atoms with E-state index < -0.39 is 5.82 Å². The minimum absolute atomic E-state index is 0.136. The molecule has 3 heterocycles. The molecule has 174 valence electrons. The number of rotatable bonds is 8. The average molecular weight is 468 g/mol. The monoisotopic (exact) mass is 467 g/mol. The van der Waals surface area contributed by atoms with Crippen LogP contribution in [0.15, 0.2) is 67.4 Å². The molecule has 0 radical (unpaired) electrons. The number of ether oxygens (including phenoxy) is 1. The number of hydrogen-bond donors (Lipinski definition) is 1. The predicted molar refractivity (Wildman–Crippen MR) is 130 cm³/mol. The van der Waals surface area contributed by atoms with Crippen LogP contribution in [0.5, 0.6) is 5.75 Å². The smallest absolute Gasteiger partial charge is 0.186 e. The molecule has 5 aromatic rings. The minimum atomic E-state index is -0.493. The number of terminal acetylenes is 1. The van der Waals surface area contributed by atoms with E-state index in [-0.39, 0.29) is 12.3 Å². The van der Waals surface area contributed by atoms with Gasteiger partial charge in [0.1, 0.15) is 12.1 Å². The summed E-state index contributed by atoms with van der Waals surface area (Å²) in [6.45, 7) is 1.43. The van der Waals surface area contributed by atoms with Gasteiger partial charge in [-0.3, -0.25) is 9.36 Å². The lowest BCUT2D eigenvalue weighted by atomic mass is 10.1. The second kappa shape index (κ2) is 9.65. The SMILES string of the molecule is C#Cc1ccc(OC)c(F)c1CNc1ncnc2nn(Cc3ccc(Cn4cccn4)cc3)cc12. The Labute approximate surface area is 201 Å². The maximum Gasteiger partial charge on any atom is 0.186 e. The molecule has 2 aromatic carbocycles. The molecule has 5 rings (SSSR count). The van der Waals surface area contributed by atoms with E-state index in [0.29, 0.717) is 29.1 Å². The zero-order valence-corrected chi connectivity index (χ0v) is 19.0. The van der Waals surface area contributed by atoms with Crippen molar-refractivity contribution in [3.63, 3.8) is 0 Å². The molecule has 3 aromatic heterocycles. The van der Waals surface area contributed by atoms with Crippen LogP contribution in [0.25, 0.3) is 11.0 Å². The summed E-state index contributed by atoms with van der Waals surface area (Å²) in [5, 5.41) is 12.7.